The van der Waals surface area contributed by atoms with E-state index in [0.717, 1.165) is 11.1 Å². The lowest BCUT2D eigenvalue weighted by atomic mass is 9.95. The molecule has 2 N–H and O–H groups in total. The van der Waals surface area contributed by atoms with E-state index in [4.69, 9.17) is 39.8 Å². The fourth-order valence-corrected chi connectivity index (χ4v) is 5.27. The minimum absolute atomic E-state index is 0.0169. The molecule has 0 aliphatic rings. The van der Waals surface area contributed by atoms with Gasteiger partial charge in [0, 0.05) is 49.7 Å². The second-order valence-electron chi connectivity index (χ2n) is 11.1. The zero-order valence-corrected chi connectivity index (χ0v) is 26.6. The predicted molar refractivity (Wildman–Crippen MR) is 169 cm³/mol. The van der Waals surface area contributed by atoms with Crippen molar-refractivity contribution in [3.8, 4) is 0 Å². The molecule has 1 heterocycles. The van der Waals surface area contributed by atoms with Crippen molar-refractivity contribution in [1.82, 2.24) is 20.2 Å². The zero-order valence-electron chi connectivity index (χ0n) is 24.3. The molecule has 0 saturated carbocycles. The van der Waals surface area contributed by atoms with Crippen molar-refractivity contribution in [2.75, 3.05) is 18.5 Å². The number of hydrogen-bond acceptors (Lipinski definition) is 4. The van der Waals surface area contributed by atoms with E-state index in [1.807, 2.05) is 45.4 Å². The first-order valence-electron chi connectivity index (χ1n) is 13.4. The van der Waals surface area contributed by atoms with Crippen LogP contribution in [0.25, 0.3) is 11.0 Å². The van der Waals surface area contributed by atoms with Crippen LogP contribution in [-0.2, 0) is 24.8 Å². The molecule has 0 saturated heterocycles. The summed E-state index contributed by atoms with van der Waals surface area (Å²) in [6.07, 6.45) is 0.319. The number of imidazole rings is 1. The molecular weight excluding hydrogens is 600 g/mol. The first-order valence-corrected chi connectivity index (χ1v) is 14.6. The van der Waals surface area contributed by atoms with Crippen molar-refractivity contribution in [3.05, 3.63) is 85.9 Å². The average Bonchev–Trinajstić information content (AvgIpc) is 3.24. The Morgan fingerprint density at radius 1 is 1.02 bits per heavy atom. The number of hydrogen-bond donors (Lipinski definition) is 2. The van der Waals surface area contributed by atoms with Crippen LogP contribution in [0.1, 0.15) is 55.0 Å². The average molecular weight is 633 g/mol. The number of amides is 2. The fraction of sp³-hybridized carbons (Fsp3) is 0.323. The molecule has 0 bridgehead atoms. The normalized spacial score (nSPS) is 11.6. The number of aromatic nitrogens is 2. The Hall–Kier alpha value is -3.33. The smallest absolute Gasteiger partial charge is 0.253 e. The van der Waals surface area contributed by atoms with E-state index in [0.29, 0.717) is 56.9 Å². The first kappa shape index (κ1) is 31.6. The molecule has 11 heteroatoms. The highest BCUT2D eigenvalue weighted by atomic mass is 35.5. The van der Waals surface area contributed by atoms with Gasteiger partial charge in [0.1, 0.15) is 11.6 Å². The van der Waals surface area contributed by atoms with Crippen LogP contribution in [-0.4, -0.2) is 35.0 Å². The fourth-order valence-electron chi connectivity index (χ4n) is 4.53. The Morgan fingerprint density at radius 3 is 2.38 bits per heavy atom. The number of rotatable bonds is 8. The molecule has 2 amide bonds. The largest absolute Gasteiger partial charge is 0.352 e. The Morgan fingerprint density at radius 2 is 1.74 bits per heavy atom. The summed E-state index contributed by atoms with van der Waals surface area (Å²) in [5.41, 5.74) is 3.90. The molecule has 0 aliphatic heterocycles. The third-order valence-electron chi connectivity index (χ3n) is 7.05. The quantitative estimate of drug-likeness (QED) is 0.212. The summed E-state index contributed by atoms with van der Waals surface area (Å²) in [6, 6.07) is 11.6. The molecular formula is C31H33Cl3FN5O2. The number of benzene rings is 3. The molecule has 0 aliphatic carbocycles. The van der Waals surface area contributed by atoms with Crippen LogP contribution in [0.15, 0.2) is 42.5 Å². The Bertz CT molecular complexity index is 1680. The van der Waals surface area contributed by atoms with E-state index in [1.54, 1.807) is 36.2 Å². The van der Waals surface area contributed by atoms with Gasteiger partial charge in [-0.3, -0.25) is 9.59 Å². The van der Waals surface area contributed by atoms with Gasteiger partial charge >= 0.3 is 0 Å². The topological polar surface area (TPSA) is 79.3 Å². The molecule has 0 radical (unpaired) electrons. The number of anilines is 2. The molecule has 0 spiro atoms. The summed E-state index contributed by atoms with van der Waals surface area (Å²) < 4.78 is 15.8. The van der Waals surface area contributed by atoms with Crippen LogP contribution >= 0.6 is 34.8 Å². The third kappa shape index (κ3) is 6.51. The van der Waals surface area contributed by atoms with E-state index in [2.05, 4.69) is 10.6 Å². The van der Waals surface area contributed by atoms with Gasteiger partial charge in [-0.15, -0.1) is 0 Å². The minimum atomic E-state index is -0.530. The Balaban J connectivity index is 1.75. The van der Waals surface area contributed by atoms with Crippen LogP contribution in [0.2, 0.25) is 15.1 Å². The van der Waals surface area contributed by atoms with Gasteiger partial charge in [-0.2, -0.15) is 0 Å². The summed E-state index contributed by atoms with van der Waals surface area (Å²) in [6.45, 7) is 8.09. The van der Waals surface area contributed by atoms with Gasteiger partial charge < -0.3 is 20.1 Å². The number of nitrogens with zero attached hydrogens (tertiary/aromatic N) is 3. The molecule has 3 aromatic carbocycles. The summed E-state index contributed by atoms with van der Waals surface area (Å²) in [5.74, 6) is -0.201. The van der Waals surface area contributed by atoms with Gasteiger partial charge in [-0.1, -0.05) is 61.6 Å². The number of carbonyl (C=O) groups excluding carboxylic acids is 2. The minimum Gasteiger partial charge on any atom is -0.352 e. The summed E-state index contributed by atoms with van der Waals surface area (Å²) >= 11 is 19.4. The summed E-state index contributed by atoms with van der Waals surface area (Å²) in [4.78, 5) is 32.1. The number of halogens is 4. The first-order chi connectivity index (χ1) is 19.7. The number of nitrogens with one attached hydrogen (secondary N) is 2. The van der Waals surface area contributed by atoms with Crippen LogP contribution < -0.4 is 15.5 Å². The molecule has 4 aromatic rings. The SMILES string of the molecule is CCNC(=O)c1cc2nc(Cc3c(Cl)ccc(CNC(=O)C(C)(C)C)c3Cl)n(C)c2cc1N(C)c1ccc(F)c(Cl)c1. The van der Waals surface area contributed by atoms with Crippen molar-refractivity contribution < 1.29 is 14.0 Å². The maximum absolute atomic E-state index is 13.9. The van der Waals surface area contributed by atoms with Crippen LogP contribution in [0.4, 0.5) is 15.8 Å². The Kier molecular flexibility index (Phi) is 9.40. The van der Waals surface area contributed by atoms with Crippen molar-refractivity contribution >= 4 is 69.0 Å². The van der Waals surface area contributed by atoms with Gasteiger partial charge in [0.25, 0.3) is 5.91 Å². The van der Waals surface area contributed by atoms with Crippen LogP contribution in [0.5, 0.6) is 0 Å². The maximum atomic E-state index is 13.9. The molecule has 7 nitrogen and oxygen atoms in total. The maximum Gasteiger partial charge on any atom is 0.253 e. The second kappa shape index (κ2) is 12.5. The van der Waals surface area contributed by atoms with Gasteiger partial charge in [0.15, 0.2) is 0 Å². The molecule has 42 heavy (non-hydrogen) atoms. The zero-order chi connectivity index (χ0) is 30.9. The third-order valence-corrected chi connectivity index (χ3v) is 8.16. The molecule has 4 rings (SSSR count). The number of carbonyl (C=O) groups is 2. The predicted octanol–water partition coefficient (Wildman–Crippen LogP) is 7.44. The standard InChI is InChI=1S/C31H33Cl3FN5O2/c1-7-36-29(41)20-13-24-26(15-25(20)39(5)18-9-11-23(35)22(33)12-18)40(6)27(38-24)14-19-21(32)10-8-17(28(19)34)16-37-30(42)31(2,3)4/h8-13,15H,7,14,16H2,1-6H3,(H,36,41)(H,37,42). The van der Waals surface area contributed by atoms with E-state index in [-0.39, 0.29) is 23.4 Å². The number of fused-ring (bicyclic) bond motifs is 1. The van der Waals surface area contributed by atoms with Crippen molar-refractivity contribution in [3.63, 3.8) is 0 Å². The lowest BCUT2D eigenvalue weighted by Crippen LogP contribution is -2.34. The Labute approximate surface area is 260 Å². The molecule has 0 atom stereocenters. The highest BCUT2D eigenvalue weighted by Gasteiger charge is 2.23. The van der Waals surface area contributed by atoms with Crippen molar-refractivity contribution in [2.24, 2.45) is 12.5 Å². The van der Waals surface area contributed by atoms with Crippen molar-refractivity contribution in [2.45, 2.75) is 40.7 Å². The van der Waals surface area contributed by atoms with Crippen LogP contribution in [0.3, 0.4) is 0 Å². The summed E-state index contributed by atoms with van der Waals surface area (Å²) in [5, 5.41) is 6.71. The van der Waals surface area contributed by atoms with Crippen molar-refractivity contribution in [1.29, 1.82) is 0 Å². The molecule has 222 valence electrons. The lowest BCUT2D eigenvalue weighted by Gasteiger charge is -2.23. The highest BCUT2D eigenvalue weighted by Crippen LogP contribution is 2.35. The van der Waals surface area contributed by atoms with E-state index in [9.17, 15) is 14.0 Å². The highest BCUT2D eigenvalue weighted by molar-refractivity contribution is 6.36. The molecule has 0 fully saturated rings. The van der Waals surface area contributed by atoms with E-state index >= 15 is 0 Å². The number of aryl methyl sites for hydroxylation is 1. The second-order valence-corrected chi connectivity index (χ2v) is 12.3. The van der Waals surface area contributed by atoms with Crippen LogP contribution in [0, 0.1) is 11.2 Å². The lowest BCUT2D eigenvalue weighted by molar-refractivity contribution is -0.128. The van der Waals surface area contributed by atoms with Gasteiger partial charge in [-0.25, -0.2) is 9.37 Å². The molecule has 0 unspecified atom stereocenters. The summed E-state index contributed by atoms with van der Waals surface area (Å²) in [7, 11) is 3.67. The molecule has 1 aromatic heterocycles. The van der Waals surface area contributed by atoms with Gasteiger partial charge in [-0.05, 0) is 54.4 Å². The van der Waals surface area contributed by atoms with Gasteiger partial charge in [0.05, 0.1) is 32.3 Å². The van der Waals surface area contributed by atoms with E-state index in [1.165, 1.54) is 12.1 Å². The van der Waals surface area contributed by atoms with Gasteiger partial charge in [0.2, 0.25) is 5.91 Å². The van der Waals surface area contributed by atoms with E-state index < -0.39 is 11.2 Å². The monoisotopic (exact) mass is 631 g/mol.